The minimum atomic E-state index is -0.526. The second-order valence-electron chi connectivity index (χ2n) is 4.73. The van der Waals surface area contributed by atoms with E-state index in [1.807, 2.05) is 0 Å². The third-order valence-corrected chi connectivity index (χ3v) is 3.77. The molecule has 1 aliphatic heterocycles. The highest BCUT2D eigenvalue weighted by Gasteiger charge is 2.25. The number of ether oxygens (including phenoxy) is 2. The van der Waals surface area contributed by atoms with Crippen LogP contribution in [-0.4, -0.2) is 19.0 Å². The van der Waals surface area contributed by atoms with Crippen molar-refractivity contribution in [3.63, 3.8) is 0 Å². The summed E-state index contributed by atoms with van der Waals surface area (Å²) in [6, 6.07) is 12.1. The van der Waals surface area contributed by atoms with Crippen LogP contribution in [0.1, 0.15) is 11.1 Å². The highest BCUT2D eigenvalue weighted by Crippen LogP contribution is 2.27. The van der Waals surface area contributed by atoms with E-state index in [1.165, 1.54) is 0 Å². The largest absolute Gasteiger partial charge is 0.497 e. The normalized spacial score (nSPS) is 15.5. The van der Waals surface area contributed by atoms with Crippen molar-refractivity contribution in [2.45, 2.75) is 0 Å². The maximum Gasteiger partial charge on any atom is 0.363 e. The summed E-state index contributed by atoms with van der Waals surface area (Å²) in [5.41, 5.74) is 1.53. The number of hydrogen-bond acceptors (Lipinski definition) is 4. The first kappa shape index (κ1) is 15.6. The number of esters is 1. The maximum absolute atomic E-state index is 12.0. The molecule has 0 spiro atoms. The predicted octanol–water partition coefficient (Wildman–Crippen LogP) is 4.35. The first-order valence-corrected chi connectivity index (χ1v) is 7.44. The number of nitrogens with zero attached hydrogens (tertiary/aromatic N) is 1. The molecule has 0 saturated heterocycles. The van der Waals surface area contributed by atoms with Crippen molar-refractivity contribution < 1.29 is 14.3 Å². The van der Waals surface area contributed by atoms with Gasteiger partial charge in [0.15, 0.2) is 5.70 Å². The SMILES string of the molecule is COc1ccc(C2=NC(=Cc3ccc(Cl)cc3)C(=O)O2)c(Cl)c1. The van der Waals surface area contributed by atoms with Crippen LogP contribution < -0.4 is 4.74 Å². The highest BCUT2D eigenvalue weighted by atomic mass is 35.5. The van der Waals surface area contributed by atoms with Gasteiger partial charge in [0, 0.05) is 5.02 Å². The summed E-state index contributed by atoms with van der Waals surface area (Å²) in [6.07, 6.45) is 1.63. The van der Waals surface area contributed by atoms with Crippen LogP contribution in [0.25, 0.3) is 6.08 Å². The lowest BCUT2D eigenvalue weighted by Gasteiger charge is -2.05. The minimum absolute atomic E-state index is 0.169. The molecular formula is C17H11Cl2NO3. The molecule has 0 atom stereocenters. The van der Waals surface area contributed by atoms with Crippen LogP contribution in [0, 0.1) is 0 Å². The molecule has 1 heterocycles. The number of halogens is 2. The summed E-state index contributed by atoms with van der Waals surface area (Å²) in [5, 5.41) is 1.01. The van der Waals surface area contributed by atoms with Crippen molar-refractivity contribution in [3.8, 4) is 5.75 Å². The van der Waals surface area contributed by atoms with Crippen LogP contribution in [0.2, 0.25) is 10.0 Å². The van der Waals surface area contributed by atoms with Crippen LogP contribution in [0.4, 0.5) is 0 Å². The molecule has 2 aromatic carbocycles. The molecule has 116 valence electrons. The fraction of sp³-hybridized carbons (Fsp3) is 0.0588. The number of aliphatic imine (C=N–C) groups is 1. The summed E-state index contributed by atoms with van der Waals surface area (Å²) >= 11 is 12.0. The second-order valence-corrected chi connectivity index (χ2v) is 5.58. The molecule has 23 heavy (non-hydrogen) atoms. The van der Waals surface area contributed by atoms with Crippen molar-refractivity contribution >= 4 is 41.1 Å². The third-order valence-electron chi connectivity index (χ3n) is 3.20. The van der Waals surface area contributed by atoms with E-state index in [0.29, 0.717) is 21.4 Å². The Balaban J connectivity index is 1.93. The van der Waals surface area contributed by atoms with E-state index in [9.17, 15) is 4.79 Å². The monoisotopic (exact) mass is 347 g/mol. The van der Waals surface area contributed by atoms with Crippen LogP contribution in [0.5, 0.6) is 5.75 Å². The van der Waals surface area contributed by atoms with Crippen molar-refractivity contribution in [2.24, 2.45) is 4.99 Å². The van der Waals surface area contributed by atoms with Gasteiger partial charge in [-0.2, -0.15) is 0 Å². The van der Waals surface area contributed by atoms with Crippen molar-refractivity contribution in [1.29, 1.82) is 0 Å². The number of hydrogen-bond donors (Lipinski definition) is 0. The lowest BCUT2D eigenvalue weighted by molar-refractivity contribution is -0.129. The van der Waals surface area contributed by atoms with E-state index in [2.05, 4.69) is 4.99 Å². The van der Waals surface area contributed by atoms with Crippen LogP contribution in [-0.2, 0) is 9.53 Å². The molecule has 0 amide bonds. The van der Waals surface area contributed by atoms with Gasteiger partial charge in [0.1, 0.15) is 5.75 Å². The maximum atomic E-state index is 12.0. The number of benzene rings is 2. The zero-order chi connectivity index (χ0) is 16.4. The molecule has 2 aromatic rings. The number of carbonyl (C=O) groups excluding carboxylic acids is 1. The first-order chi connectivity index (χ1) is 11.1. The molecule has 0 aromatic heterocycles. The molecule has 3 rings (SSSR count). The number of cyclic esters (lactones) is 1. The topological polar surface area (TPSA) is 47.9 Å². The molecule has 0 saturated carbocycles. The Morgan fingerprint density at radius 2 is 1.87 bits per heavy atom. The van der Waals surface area contributed by atoms with Crippen LogP contribution in [0.3, 0.4) is 0 Å². The molecule has 0 unspecified atom stereocenters. The van der Waals surface area contributed by atoms with Crippen molar-refractivity contribution in [2.75, 3.05) is 7.11 Å². The van der Waals surface area contributed by atoms with Gasteiger partial charge >= 0.3 is 5.97 Å². The Hall–Kier alpha value is -2.30. The highest BCUT2D eigenvalue weighted by molar-refractivity contribution is 6.34. The van der Waals surface area contributed by atoms with E-state index in [4.69, 9.17) is 32.7 Å². The van der Waals surface area contributed by atoms with Crippen molar-refractivity contribution in [1.82, 2.24) is 0 Å². The first-order valence-electron chi connectivity index (χ1n) is 6.69. The summed E-state index contributed by atoms with van der Waals surface area (Å²) in [6.45, 7) is 0. The second kappa shape index (κ2) is 6.44. The molecule has 0 fully saturated rings. The van der Waals surface area contributed by atoms with Gasteiger partial charge < -0.3 is 9.47 Å². The fourth-order valence-corrected chi connectivity index (χ4v) is 2.41. The average molecular weight is 348 g/mol. The molecular weight excluding hydrogens is 337 g/mol. The molecule has 6 heteroatoms. The van der Waals surface area contributed by atoms with Gasteiger partial charge in [0.2, 0.25) is 5.90 Å². The smallest absolute Gasteiger partial charge is 0.363 e. The zero-order valence-electron chi connectivity index (χ0n) is 12.0. The van der Waals surface area contributed by atoms with Gasteiger partial charge in [-0.25, -0.2) is 9.79 Å². The summed E-state index contributed by atoms with van der Waals surface area (Å²) in [4.78, 5) is 16.2. The Morgan fingerprint density at radius 3 is 2.52 bits per heavy atom. The Morgan fingerprint density at radius 1 is 1.13 bits per heavy atom. The Kier molecular flexibility index (Phi) is 4.37. The Bertz CT molecular complexity index is 826. The van der Waals surface area contributed by atoms with E-state index in [1.54, 1.807) is 55.7 Å². The summed E-state index contributed by atoms with van der Waals surface area (Å²) < 4.78 is 10.3. The van der Waals surface area contributed by atoms with E-state index >= 15 is 0 Å². The molecule has 0 N–H and O–H groups in total. The van der Waals surface area contributed by atoms with Gasteiger partial charge in [0.25, 0.3) is 0 Å². The molecule has 1 aliphatic rings. The quantitative estimate of drug-likeness (QED) is 0.612. The lowest BCUT2D eigenvalue weighted by atomic mass is 10.2. The van der Waals surface area contributed by atoms with Crippen molar-refractivity contribution in [3.05, 3.63) is 69.3 Å². The standard InChI is InChI=1S/C17H11Cl2NO3/c1-22-12-6-7-13(14(19)9-12)16-20-15(17(21)23-16)8-10-2-4-11(18)5-3-10/h2-9H,1H3. The Labute approximate surface area is 143 Å². The van der Waals surface area contributed by atoms with E-state index < -0.39 is 5.97 Å². The average Bonchev–Trinajstić information content (AvgIpc) is 2.90. The fourth-order valence-electron chi connectivity index (χ4n) is 2.04. The summed E-state index contributed by atoms with van der Waals surface area (Å²) in [5.74, 6) is 0.255. The van der Waals surface area contributed by atoms with Gasteiger partial charge in [-0.15, -0.1) is 0 Å². The molecule has 4 nitrogen and oxygen atoms in total. The van der Waals surface area contributed by atoms with Gasteiger partial charge in [-0.05, 0) is 42.0 Å². The van der Waals surface area contributed by atoms with Gasteiger partial charge in [-0.3, -0.25) is 0 Å². The zero-order valence-corrected chi connectivity index (χ0v) is 13.6. The number of methoxy groups -OCH3 is 1. The minimum Gasteiger partial charge on any atom is -0.497 e. The third kappa shape index (κ3) is 3.38. The predicted molar refractivity (Wildman–Crippen MR) is 90.1 cm³/mol. The van der Waals surface area contributed by atoms with Crippen LogP contribution >= 0.6 is 23.2 Å². The van der Waals surface area contributed by atoms with Crippen LogP contribution in [0.15, 0.2) is 53.2 Å². The summed E-state index contributed by atoms with van der Waals surface area (Å²) in [7, 11) is 1.55. The molecule has 0 radical (unpaired) electrons. The number of rotatable bonds is 3. The van der Waals surface area contributed by atoms with E-state index in [0.717, 1.165) is 5.56 Å². The molecule has 0 bridgehead atoms. The van der Waals surface area contributed by atoms with E-state index in [-0.39, 0.29) is 11.6 Å². The van der Waals surface area contributed by atoms with Gasteiger partial charge in [-0.1, -0.05) is 35.3 Å². The van der Waals surface area contributed by atoms with Gasteiger partial charge in [0.05, 0.1) is 17.7 Å². The number of carbonyl (C=O) groups is 1. The molecule has 0 aliphatic carbocycles. The lowest BCUT2D eigenvalue weighted by Crippen LogP contribution is -2.06.